The number of carbonyl (C=O) groups is 1. The van der Waals surface area contributed by atoms with Crippen molar-refractivity contribution in [3.8, 4) is 22.6 Å². The predicted molar refractivity (Wildman–Crippen MR) is 120 cm³/mol. The van der Waals surface area contributed by atoms with Crippen LogP contribution >= 0.6 is 0 Å². The topological polar surface area (TPSA) is 99.4 Å². The second kappa shape index (κ2) is 9.30. The molecule has 0 amide bonds. The van der Waals surface area contributed by atoms with Crippen LogP contribution in [-0.2, 0) is 9.53 Å². The predicted octanol–water partition coefficient (Wildman–Crippen LogP) is 4.44. The molecule has 0 bridgehead atoms. The molecule has 1 aliphatic carbocycles. The Bertz CT molecular complexity index is 1070. The molecule has 0 aliphatic heterocycles. The first-order valence-electron chi connectivity index (χ1n) is 10.1. The highest BCUT2D eigenvalue weighted by Gasteiger charge is 2.24. The molecule has 1 aliphatic rings. The molecule has 1 fully saturated rings. The first-order chi connectivity index (χ1) is 15.1. The summed E-state index contributed by atoms with van der Waals surface area (Å²) in [6.07, 6.45) is 4.76. The summed E-state index contributed by atoms with van der Waals surface area (Å²) in [5.74, 6) is 2.75. The van der Waals surface area contributed by atoms with Gasteiger partial charge >= 0.3 is 5.97 Å². The summed E-state index contributed by atoms with van der Waals surface area (Å²) >= 11 is 0. The number of aromatic nitrogens is 2. The Labute approximate surface area is 180 Å². The fourth-order valence-electron chi connectivity index (χ4n) is 3.54. The zero-order valence-electron chi connectivity index (χ0n) is 17.2. The molecule has 3 aromatic rings. The average Bonchev–Trinajstić information content (AvgIpc) is 2.76. The van der Waals surface area contributed by atoms with Gasteiger partial charge in [-0.2, -0.15) is 0 Å². The summed E-state index contributed by atoms with van der Waals surface area (Å²) in [5, 5.41) is 3.39. The number of rotatable bonds is 7. The molecule has 7 heteroatoms. The van der Waals surface area contributed by atoms with Crippen molar-refractivity contribution in [2.24, 2.45) is 5.92 Å². The molecule has 1 heterocycles. The van der Waals surface area contributed by atoms with Gasteiger partial charge in [-0.15, -0.1) is 0 Å². The second-order valence-electron chi connectivity index (χ2n) is 7.40. The Kier molecular flexibility index (Phi) is 6.12. The number of anilines is 2. The number of methoxy groups -OCH3 is 1. The van der Waals surface area contributed by atoms with E-state index in [1.54, 1.807) is 6.08 Å². The molecule has 2 aromatic carbocycles. The van der Waals surface area contributed by atoms with Crippen molar-refractivity contribution in [1.29, 1.82) is 0 Å². The Morgan fingerprint density at radius 2 is 1.81 bits per heavy atom. The number of ether oxygens (including phenoxy) is 2. The number of para-hydroxylation sites is 1. The number of carbonyl (C=O) groups excluding carboxylic acids is 1. The highest BCUT2D eigenvalue weighted by Crippen LogP contribution is 2.36. The first kappa shape index (κ1) is 20.4. The summed E-state index contributed by atoms with van der Waals surface area (Å²) in [6.45, 7) is 0.733. The van der Waals surface area contributed by atoms with E-state index in [0.717, 1.165) is 47.6 Å². The molecule has 1 aromatic heterocycles. The van der Waals surface area contributed by atoms with Crippen molar-refractivity contribution in [1.82, 2.24) is 9.97 Å². The number of hydrogen-bond acceptors (Lipinski definition) is 7. The highest BCUT2D eigenvalue weighted by molar-refractivity contribution is 5.84. The molecule has 0 unspecified atom stereocenters. The van der Waals surface area contributed by atoms with Crippen molar-refractivity contribution in [3.05, 3.63) is 72.6 Å². The Hall–Kier alpha value is -3.87. The summed E-state index contributed by atoms with van der Waals surface area (Å²) in [5.41, 5.74) is 8.95. The normalized spacial score (nSPS) is 15.0. The van der Waals surface area contributed by atoms with E-state index in [-0.39, 0.29) is 5.97 Å². The van der Waals surface area contributed by atoms with E-state index in [1.165, 1.54) is 13.4 Å². The monoisotopic (exact) mass is 416 g/mol. The van der Waals surface area contributed by atoms with Crippen molar-refractivity contribution >= 4 is 17.6 Å². The van der Waals surface area contributed by atoms with Gasteiger partial charge in [0.25, 0.3) is 0 Å². The average molecular weight is 416 g/mol. The lowest BCUT2D eigenvalue weighted by Crippen LogP contribution is -2.24. The van der Waals surface area contributed by atoms with Crippen LogP contribution in [0.1, 0.15) is 12.8 Å². The van der Waals surface area contributed by atoms with Crippen molar-refractivity contribution in [3.63, 3.8) is 0 Å². The molecule has 31 heavy (non-hydrogen) atoms. The van der Waals surface area contributed by atoms with Gasteiger partial charge in [0.05, 0.1) is 12.7 Å². The minimum atomic E-state index is -0.299. The fraction of sp³-hybridized carbons (Fsp3) is 0.208. The van der Waals surface area contributed by atoms with E-state index in [9.17, 15) is 4.79 Å². The van der Waals surface area contributed by atoms with Crippen LogP contribution in [0.4, 0.5) is 11.6 Å². The lowest BCUT2D eigenvalue weighted by atomic mass is 9.80. The number of benzene rings is 2. The Morgan fingerprint density at radius 3 is 2.52 bits per heavy atom. The maximum absolute atomic E-state index is 11.3. The molecule has 0 radical (unpaired) electrons. The smallest absolute Gasteiger partial charge is 0.330 e. The van der Waals surface area contributed by atoms with Gasteiger partial charge in [-0.1, -0.05) is 35.9 Å². The fourth-order valence-corrected chi connectivity index (χ4v) is 3.54. The third kappa shape index (κ3) is 5.01. The van der Waals surface area contributed by atoms with E-state index < -0.39 is 0 Å². The molecule has 7 nitrogen and oxygen atoms in total. The van der Waals surface area contributed by atoms with Crippen LogP contribution in [0, 0.1) is 5.92 Å². The van der Waals surface area contributed by atoms with E-state index in [2.05, 4.69) is 20.0 Å². The van der Waals surface area contributed by atoms with Gasteiger partial charge in [0.15, 0.2) is 0 Å². The van der Waals surface area contributed by atoms with Gasteiger partial charge in [-0.3, -0.25) is 0 Å². The molecular weight excluding hydrogens is 392 g/mol. The van der Waals surface area contributed by atoms with Gasteiger partial charge in [-0.05, 0) is 48.6 Å². The van der Waals surface area contributed by atoms with Crippen molar-refractivity contribution in [2.45, 2.75) is 12.8 Å². The van der Waals surface area contributed by atoms with Gasteiger partial charge in [0.2, 0.25) is 0 Å². The van der Waals surface area contributed by atoms with Crippen molar-refractivity contribution in [2.75, 3.05) is 24.7 Å². The van der Waals surface area contributed by atoms with Gasteiger partial charge in [0, 0.05) is 12.6 Å². The maximum atomic E-state index is 11.3. The Balaban J connectivity index is 1.43. The maximum Gasteiger partial charge on any atom is 0.330 e. The zero-order chi connectivity index (χ0) is 21.6. The zero-order valence-corrected chi connectivity index (χ0v) is 17.2. The summed E-state index contributed by atoms with van der Waals surface area (Å²) < 4.78 is 10.5. The number of esters is 1. The van der Waals surface area contributed by atoms with Gasteiger partial charge < -0.3 is 20.5 Å². The molecule has 0 saturated heterocycles. The number of nitrogens with two attached hydrogens (primary N) is 1. The standard InChI is InChI=1S/C24H24N4O3/c1-30-21(29)13-16-11-17(12-16)14-26-24-22(23(25)27-15-28-24)18-7-9-20(10-8-18)31-19-5-3-2-4-6-19/h2-10,13,15,17H,11-12,14H2,1H3,(H3,25,26,27,28). The quantitative estimate of drug-likeness (QED) is 0.434. The van der Waals surface area contributed by atoms with Crippen LogP contribution in [-0.4, -0.2) is 29.6 Å². The molecule has 1 saturated carbocycles. The summed E-state index contributed by atoms with van der Waals surface area (Å²) in [4.78, 5) is 19.9. The number of nitrogens with one attached hydrogen (secondary N) is 1. The highest BCUT2D eigenvalue weighted by atomic mass is 16.5. The minimum absolute atomic E-state index is 0.299. The minimum Gasteiger partial charge on any atom is -0.466 e. The third-order valence-electron chi connectivity index (χ3n) is 5.18. The SMILES string of the molecule is COC(=O)C=C1CC(CNc2ncnc(N)c2-c2ccc(Oc3ccccc3)cc2)C1. The van der Waals surface area contributed by atoms with Crippen molar-refractivity contribution < 1.29 is 14.3 Å². The molecule has 4 rings (SSSR count). The van der Waals surface area contributed by atoms with Crippen LogP contribution in [0.3, 0.4) is 0 Å². The largest absolute Gasteiger partial charge is 0.466 e. The number of hydrogen-bond donors (Lipinski definition) is 2. The van der Waals surface area contributed by atoms with E-state index >= 15 is 0 Å². The lowest BCUT2D eigenvalue weighted by molar-refractivity contribution is -0.134. The molecule has 3 N–H and O–H groups in total. The summed E-state index contributed by atoms with van der Waals surface area (Å²) in [6, 6.07) is 17.3. The lowest BCUT2D eigenvalue weighted by Gasteiger charge is -2.29. The van der Waals surface area contributed by atoms with Crippen LogP contribution in [0.5, 0.6) is 11.5 Å². The number of nitrogens with zero attached hydrogens (tertiary/aromatic N) is 2. The molecule has 158 valence electrons. The molecular formula is C24H24N4O3. The van der Waals surface area contributed by atoms with E-state index in [1.807, 2.05) is 54.6 Å². The second-order valence-corrected chi connectivity index (χ2v) is 7.40. The summed E-state index contributed by atoms with van der Waals surface area (Å²) in [7, 11) is 1.39. The Morgan fingerprint density at radius 1 is 1.10 bits per heavy atom. The van der Waals surface area contributed by atoms with Gasteiger partial charge in [0.1, 0.15) is 29.5 Å². The first-order valence-corrected chi connectivity index (χ1v) is 10.1. The van der Waals surface area contributed by atoms with E-state index in [0.29, 0.717) is 17.6 Å². The number of allylic oxidation sites excluding steroid dienone is 1. The van der Waals surface area contributed by atoms with Crippen LogP contribution in [0.25, 0.3) is 11.1 Å². The molecule has 0 atom stereocenters. The van der Waals surface area contributed by atoms with Crippen LogP contribution < -0.4 is 15.8 Å². The van der Waals surface area contributed by atoms with Crippen LogP contribution in [0.2, 0.25) is 0 Å². The van der Waals surface area contributed by atoms with Crippen LogP contribution in [0.15, 0.2) is 72.6 Å². The third-order valence-corrected chi connectivity index (χ3v) is 5.18. The molecule has 0 spiro atoms. The van der Waals surface area contributed by atoms with E-state index in [4.69, 9.17) is 10.5 Å². The number of nitrogen functional groups attached to an aromatic ring is 1. The van der Waals surface area contributed by atoms with Gasteiger partial charge in [-0.25, -0.2) is 14.8 Å².